The summed E-state index contributed by atoms with van der Waals surface area (Å²) in [5.41, 5.74) is 1.83. The second kappa shape index (κ2) is 7.59. The molecular weight excluding hydrogens is 283 g/mol. The Bertz CT molecular complexity index is 668. The number of benzene rings is 2. The van der Waals surface area contributed by atoms with Crippen molar-refractivity contribution < 1.29 is 8.42 Å². The van der Waals surface area contributed by atoms with Gasteiger partial charge in [0, 0.05) is 0 Å². The van der Waals surface area contributed by atoms with Crippen LogP contribution < -0.4 is 4.83 Å². The number of hydrogen-bond donors (Lipinski definition) is 1. The van der Waals surface area contributed by atoms with Gasteiger partial charge in [-0.2, -0.15) is 13.5 Å². The molecule has 0 atom stereocenters. The molecule has 100 valence electrons. The molecule has 6 heteroatoms. The molecule has 2 rings (SSSR count). The van der Waals surface area contributed by atoms with E-state index in [9.17, 15) is 8.42 Å². The van der Waals surface area contributed by atoms with Crippen molar-refractivity contribution in [2.45, 2.75) is 11.8 Å². The molecule has 1 N–H and O–H groups in total. The van der Waals surface area contributed by atoms with Crippen LogP contribution in [-0.4, -0.2) is 44.2 Å². The Hall–Kier alpha value is -1.14. The van der Waals surface area contributed by atoms with E-state index in [1.165, 1.54) is 6.21 Å². The van der Waals surface area contributed by atoms with Crippen molar-refractivity contribution in [1.82, 2.24) is 4.83 Å². The summed E-state index contributed by atoms with van der Waals surface area (Å²) in [6.07, 6.45) is 1.46. The summed E-state index contributed by atoms with van der Waals surface area (Å²) in [7, 11) is -3.60. The van der Waals surface area contributed by atoms with Crippen LogP contribution in [0.4, 0.5) is 0 Å². The minimum atomic E-state index is -3.60. The summed E-state index contributed by atoms with van der Waals surface area (Å²) in [6.45, 7) is 1.90. The number of aryl methyl sites for hydroxylation is 1. The van der Waals surface area contributed by atoms with Gasteiger partial charge >= 0.3 is 29.6 Å². The zero-order valence-corrected chi connectivity index (χ0v) is 11.3. The summed E-state index contributed by atoms with van der Waals surface area (Å²) < 4.78 is 23.8. The first-order chi connectivity index (χ1) is 9.08. The first-order valence-electron chi connectivity index (χ1n) is 5.74. The Morgan fingerprint density at radius 3 is 2.20 bits per heavy atom. The van der Waals surface area contributed by atoms with E-state index in [2.05, 4.69) is 9.93 Å². The van der Waals surface area contributed by atoms with E-state index < -0.39 is 10.0 Å². The van der Waals surface area contributed by atoms with Crippen molar-refractivity contribution in [3.63, 3.8) is 0 Å². The molecule has 0 aromatic heterocycles. The summed E-state index contributed by atoms with van der Waals surface area (Å²) in [4.78, 5) is 2.38. The van der Waals surface area contributed by atoms with Gasteiger partial charge in [-0.25, -0.2) is 4.83 Å². The fourth-order valence-corrected chi connectivity index (χ4v) is 2.27. The summed E-state index contributed by atoms with van der Waals surface area (Å²) in [5, 5.41) is 3.75. The molecule has 0 bridgehead atoms. The van der Waals surface area contributed by atoms with E-state index >= 15 is 0 Å². The quantitative estimate of drug-likeness (QED) is 0.530. The number of rotatable bonds is 4. The van der Waals surface area contributed by atoms with E-state index in [-0.39, 0.29) is 34.5 Å². The van der Waals surface area contributed by atoms with Crippen molar-refractivity contribution in [1.29, 1.82) is 0 Å². The van der Waals surface area contributed by atoms with E-state index in [1.54, 1.807) is 24.3 Å². The third-order valence-electron chi connectivity index (χ3n) is 2.52. The summed E-state index contributed by atoms with van der Waals surface area (Å²) in [5.74, 6) is 0. The molecule has 2 aromatic rings. The van der Waals surface area contributed by atoms with Crippen molar-refractivity contribution in [2.75, 3.05) is 0 Å². The molecule has 0 spiro atoms. The zero-order chi connectivity index (χ0) is 13.7. The van der Waals surface area contributed by atoms with Gasteiger partial charge in [-0.05, 0) is 24.6 Å². The molecule has 20 heavy (non-hydrogen) atoms. The van der Waals surface area contributed by atoms with Crippen molar-refractivity contribution in [3.05, 3.63) is 65.7 Å². The summed E-state index contributed by atoms with van der Waals surface area (Å²) >= 11 is 0. The van der Waals surface area contributed by atoms with Crippen molar-refractivity contribution in [3.8, 4) is 0 Å². The van der Waals surface area contributed by atoms with Crippen LogP contribution >= 0.6 is 0 Å². The molecule has 0 fully saturated rings. The fourth-order valence-electron chi connectivity index (χ4n) is 1.48. The van der Waals surface area contributed by atoms with Crippen LogP contribution in [0.2, 0.25) is 0 Å². The van der Waals surface area contributed by atoms with E-state index in [0.717, 1.165) is 11.1 Å². The molecular formula is C14H15N2NaO2S. The molecule has 0 amide bonds. The number of hydrogen-bond acceptors (Lipinski definition) is 3. The Kier molecular flexibility index (Phi) is 6.42. The van der Waals surface area contributed by atoms with Gasteiger partial charge in [0.05, 0.1) is 11.1 Å². The third-order valence-corrected chi connectivity index (χ3v) is 3.76. The Labute approximate surface area is 141 Å². The van der Waals surface area contributed by atoms with Crippen molar-refractivity contribution >= 4 is 45.8 Å². The van der Waals surface area contributed by atoms with Gasteiger partial charge < -0.3 is 0 Å². The SMILES string of the molecule is Cc1ccc(S(=O)(=O)N/N=C/c2ccccc2)cc1.[NaH]. The molecule has 2 aromatic carbocycles. The normalized spacial score (nSPS) is 11.1. The molecule has 4 nitrogen and oxygen atoms in total. The van der Waals surface area contributed by atoms with Gasteiger partial charge in [-0.1, -0.05) is 48.0 Å². The second-order valence-electron chi connectivity index (χ2n) is 4.08. The number of nitrogens with zero attached hydrogens (tertiary/aromatic N) is 1. The van der Waals surface area contributed by atoms with Gasteiger partial charge in [0.25, 0.3) is 10.0 Å². The van der Waals surface area contributed by atoms with Gasteiger partial charge in [-0.15, -0.1) is 0 Å². The topological polar surface area (TPSA) is 58.5 Å². The molecule has 0 aliphatic rings. The van der Waals surface area contributed by atoms with Crippen LogP contribution in [0.15, 0.2) is 64.6 Å². The first kappa shape index (κ1) is 16.9. The first-order valence-corrected chi connectivity index (χ1v) is 7.23. The molecule has 0 heterocycles. The maximum atomic E-state index is 11.9. The third kappa shape index (κ3) is 4.76. The van der Waals surface area contributed by atoms with Gasteiger partial charge in [0.2, 0.25) is 0 Å². The van der Waals surface area contributed by atoms with E-state index in [0.29, 0.717) is 0 Å². The molecule has 0 radical (unpaired) electrons. The monoisotopic (exact) mass is 298 g/mol. The van der Waals surface area contributed by atoms with E-state index in [1.807, 2.05) is 37.3 Å². The molecule has 0 saturated heterocycles. The van der Waals surface area contributed by atoms with Gasteiger partial charge in [0.1, 0.15) is 0 Å². The standard InChI is InChI=1S/C14H14N2O2S.Na.H/c1-12-7-9-14(10-8-12)19(17,18)16-15-11-13-5-3-2-4-6-13;;/h2-11,16H,1H3;;/b15-11+;;. The Morgan fingerprint density at radius 1 is 1.00 bits per heavy atom. The van der Waals surface area contributed by atoms with Crippen LogP contribution in [0.5, 0.6) is 0 Å². The molecule has 0 saturated carbocycles. The number of hydrazone groups is 1. The molecule has 0 aliphatic heterocycles. The summed E-state index contributed by atoms with van der Waals surface area (Å²) in [6, 6.07) is 15.9. The van der Waals surface area contributed by atoms with Gasteiger partial charge in [0.15, 0.2) is 0 Å². The molecule has 0 aliphatic carbocycles. The molecule has 0 unspecified atom stereocenters. The van der Waals surface area contributed by atoms with Crippen LogP contribution in [0.3, 0.4) is 0 Å². The van der Waals surface area contributed by atoms with Crippen LogP contribution in [0, 0.1) is 6.92 Å². The fraction of sp³-hybridized carbons (Fsp3) is 0.0714. The number of nitrogens with one attached hydrogen (secondary N) is 1. The van der Waals surface area contributed by atoms with Crippen LogP contribution in [0.1, 0.15) is 11.1 Å². The average molecular weight is 298 g/mol. The predicted molar refractivity (Wildman–Crippen MR) is 82.7 cm³/mol. The Morgan fingerprint density at radius 2 is 1.60 bits per heavy atom. The van der Waals surface area contributed by atoms with Gasteiger partial charge in [-0.3, -0.25) is 0 Å². The van der Waals surface area contributed by atoms with Crippen LogP contribution in [0.25, 0.3) is 0 Å². The number of sulfonamides is 1. The van der Waals surface area contributed by atoms with Crippen molar-refractivity contribution in [2.24, 2.45) is 5.10 Å². The van der Waals surface area contributed by atoms with E-state index in [4.69, 9.17) is 0 Å². The average Bonchev–Trinajstić information content (AvgIpc) is 2.40. The maximum absolute atomic E-state index is 11.9. The second-order valence-corrected chi connectivity index (χ2v) is 5.74. The van der Waals surface area contributed by atoms with Crippen LogP contribution in [-0.2, 0) is 10.0 Å². The zero-order valence-electron chi connectivity index (χ0n) is 10.4. The predicted octanol–water partition coefficient (Wildman–Crippen LogP) is 1.66. The minimum absolute atomic E-state index is 0. The Balaban J connectivity index is 0.00000200.